The van der Waals surface area contributed by atoms with E-state index in [2.05, 4.69) is 74.3 Å². The van der Waals surface area contributed by atoms with E-state index in [4.69, 9.17) is 4.99 Å². The summed E-state index contributed by atoms with van der Waals surface area (Å²) < 4.78 is 2.28. The molecule has 1 aromatic carbocycles. The highest BCUT2D eigenvalue weighted by molar-refractivity contribution is 6.06. The second-order valence-corrected chi connectivity index (χ2v) is 8.10. The summed E-state index contributed by atoms with van der Waals surface area (Å²) in [6.45, 7) is 13.2. The maximum atomic E-state index is 4.84. The van der Waals surface area contributed by atoms with E-state index >= 15 is 0 Å². The van der Waals surface area contributed by atoms with Gasteiger partial charge in [-0.3, -0.25) is 4.99 Å². The van der Waals surface area contributed by atoms with Crippen molar-refractivity contribution in [1.82, 2.24) is 0 Å². The minimum absolute atomic E-state index is 0.00557. The Labute approximate surface area is 145 Å². The molecule has 24 heavy (non-hydrogen) atoms. The standard InChI is InChI=1S/C20H29N4/c1-19(2,3)17-23-18(20(4,5)6)24(17)16-11-8-10-15(14-16)22-13-9-12-21-7/h8,10-14H,9H2,1-7H3/q+1. The molecule has 0 N–H and O–H groups in total. The lowest BCUT2D eigenvalue weighted by molar-refractivity contribution is -0.338. The van der Waals surface area contributed by atoms with Crippen LogP contribution in [0, 0.1) is 10.8 Å². The summed E-state index contributed by atoms with van der Waals surface area (Å²) >= 11 is 0. The topological polar surface area (TPSA) is 40.1 Å². The molecule has 4 nitrogen and oxygen atoms in total. The van der Waals surface area contributed by atoms with E-state index in [-0.39, 0.29) is 10.8 Å². The third kappa shape index (κ3) is 4.05. The van der Waals surface area contributed by atoms with Gasteiger partial charge in [-0.15, -0.1) is 0 Å². The fourth-order valence-electron chi connectivity index (χ4n) is 2.53. The quantitative estimate of drug-likeness (QED) is 0.550. The molecule has 0 unspecified atom stereocenters. The van der Waals surface area contributed by atoms with Crippen LogP contribution in [-0.4, -0.2) is 35.7 Å². The zero-order valence-electron chi connectivity index (χ0n) is 16.0. The van der Waals surface area contributed by atoms with Crippen LogP contribution >= 0.6 is 0 Å². The minimum Gasteiger partial charge on any atom is -0.300 e. The predicted molar refractivity (Wildman–Crippen MR) is 105 cm³/mol. The SMILES string of the molecule is CN=CCC=Nc1cccc([N+]2=C(C(C)(C)C)N=C2C(C)(C)C)c1. The molecule has 0 aromatic heterocycles. The van der Waals surface area contributed by atoms with E-state index < -0.39 is 0 Å². The van der Waals surface area contributed by atoms with E-state index in [0.29, 0.717) is 0 Å². The summed E-state index contributed by atoms with van der Waals surface area (Å²) in [5.41, 5.74) is 2.08. The van der Waals surface area contributed by atoms with Gasteiger partial charge >= 0.3 is 0 Å². The number of aliphatic imine (C=N–C) groups is 3. The third-order valence-electron chi connectivity index (χ3n) is 3.70. The highest BCUT2D eigenvalue weighted by atomic mass is 15.3. The largest absolute Gasteiger partial charge is 0.300 e. The normalized spacial score (nSPS) is 16.0. The average Bonchev–Trinajstić information content (AvgIpc) is 2.40. The van der Waals surface area contributed by atoms with Gasteiger partial charge in [-0.1, -0.05) is 52.6 Å². The lowest BCUT2D eigenvalue weighted by Gasteiger charge is -2.31. The van der Waals surface area contributed by atoms with Crippen molar-refractivity contribution >= 4 is 35.5 Å². The Morgan fingerprint density at radius 3 is 2.33 bits per heavy atom. The van der Waals surface area contributed by atoms with Crippen LogP contribution in [0.2, 0.25) is 0 Å². The zero-order chi connectivity index (χ0) is 18.0. The van der Waals surface area contributed by atoms with Crippen molar-refractivity contribution in [1.29, 1.82) is 0 Å². The molecule has 4 heteroatoms. The Balaban J connectivity index is 2.39. The summed E-state index contributed by atoms with van der Waals surface area (Å²) in [4.78, 5) is 13.3. The fourth-order valence-corrected chi connectivity index (χ4v) is 2.53. The zero-order valence-corrected chi connectivity index (χ0v) is 16.0. The van der Waals surface area contributed by atoms with Crippen molar-refractivity contribution in [3.05, 3.63) is 24.3 Å². The predicted octanol–water partition coefficient (Wildman–Crippen LogP) is 5.03. The third-order valence-corrected chi connectivity index (χ3v) is 3.70. The molecule has 0 radical (unpaired) electrons. The van der Waals surface area contributed by atoms with Crippen molar-refractivity contribution < 1.29 is 4.58 Å². The molecule has 0 bridgehead atoms. The van der Waals surface area contributed by atoms with Gasteiger partial charge in [-0.25, -0.2) is 0 Å². The van der Waals surface area contributed by atoms with Gasteiger partial charge in [0.25, 0.3) is 11.7 Å². The molecule has 128 valence electrons. The van der Waals surface area contributed by atoms with Crippen LogP contribution in [0.3, 0.4) is 0 Å². The van der Waals surface area contributed by atoms with E-state index in [9.17, 15) is 0 Å². The Hall–Kier alpha value is -2.10. The maximum absolute atomic E-state index is 4.84. The fraction of sp³-hybridized carbons (Fsp3) is 0.500. The summed E-state index contributed by atoms with van der Waals surface area (Å²) in [5, 5.41) is 0. The first-order valence-corrected chi connectivity index (χ1v) is 8.44. The summed E-state index contributed by atoms with van der Waals surface area (Å²) in [6.07, 6.45) is 4.48. The Bertz CT molecular complexity index is 723. The Morgan fingerprint density at radius 1 is 1.04 bits per heavy atom. The average molecular weight is 325 g/mol. The molecule has 0 amide bonds. The van der Waals surface area contributed by atoms with Crippen LogP contribution in [-0.2, 0) is 0 Å². The van der Waals surface area contributed by atoms with Gasteiger partial charge in [0.15, 0.2) is 0 Å². The lowest BCUT2D eigenvalue weighted by Crippen LogP contribution is -2.46. The van der Waals surface area contributed by atoms with E-state index in [1.807, 2.05) is 18.5 Å². The van der Waals surface area contributed by atoms with Crippen molar-refractivity contribution in [3.63, 3.8) is 0 Å². The highest BCUT2D eigenvalue weighted by Gasteiger charge is 2.43. The van der Waals surface area contributed by atoms with Crippen LogP contribution in [0.1, 0.15) is 48.0 Å². The molecule has 0 saturated heterocycles. The Kier molecular flexibility index (Phi) is 5.16. The van der Waals surface area contributed by atoms with Gasteiger partial charge in [-0.2, -0.15) is 4.58 Å². The van der Waals surface area contributed by atoms with Crippen molar-refractivity contribution in [2.45, 2.75) is 48.0 Å². The molecule has 0 saturated carbocycles. The summed E-state index contributed by atoms with van der Waals surface area (Å²) in [7, 11) is 1.77. The van der Waals surface area contributed by atoms with Crippen molar-refractivity contribution in [2.75, 3.05) is 7.05 Å². The summed E-state index contributed by atoms with van der Waals surface area (Å²) in [5.74, 6) is 2.21. The molecule has 1 heterocycles. The number of nitrogens with zero attached hydrogens (tertiary/aromatic N) is 4. The van der Waals surface area contributed by atoms with E-state index in [0.717, 1.165) is 29.5 Å². The second kappa shape index (κ2) is 6.80. The first-order valence-electron chi connectivity index (χ1n) is 8.44. The van der Waals surface area contributed by atoms with Crippen LogP contribution in [0.15, 0.2) is 39.2 Å². The number of hydrogen-bond donors (Lipinski definition) is 0. The number of rotatable bonds is 4. The van der Waals surface area contributed by atoms with Gasteiger partial charge in [0.1, 0.15) is 5.69 Å². The maximum Gasteiger partial charge on any atom is 0.252 e. The van der Waals surface area contributed by atoms with Crippen LogP contribution in [0.4, 0.5) is 11.4 Å². The van der Waals surface area contributed by atoms with Gasteiger partial charge in [-0.05, 0) is 12.1 Å². The van der Waals surface area contributed by atoms with Crippen LogP contribution in [0.5, 0.6) is 0 Å². The molecule has 0 spiro atoms. The van der Waals surface area contributed by atoms with Crippen LogP contribution < -0.4 is 0 Å². The molecule has 0 fully saturated rings. The lowest BCUT2D eigenvalue weighted by atomic mass is 9.87. The first-order chi connectivity index (χ1) is 11.1. The monoisotopic (exact) mass is 325 g/mol. The molecule has 0 aliphatic carbocycles. The van der Waals surface area contributed by atoms with Crippen molar-refractivity contribution in [3.8, 4) is 0 Å². The van der Waals surface area contributed by atoms with E-state index in [1.54, 1.807) is 7.05 Å². The molecular weight excluding hydrogens is 296 g/mol. The molecule has 1 aliphatic heterocycles. The van der Waals surface area contributed by atoms with Gasteiger partial charge < -0.3 is 4.99 Å². The molecule has 2 rings (SSSR count). The van der Waals surface area contributed by atoms with Crippen LogP contribution in [0.25, 0.3) is 0 Å². The van der Waals surface area contributed by atoms with Gasteiger partial charge in [0.05, 0.1) is 16.5 Å². The van der Waals surface area contributed by atoms with Gasteiger partial charge in [0.2, 0.25) is 0 Å². The molecular formula is C20H29N4+. The first kappa shape index (κ1) is 18.2. The smallest absolute Gasteiger partial charge is 0.252 e. The van der Waals surface area contributed by atoms with E-state index in [1.165, 1.54) is 0 Å². The Morgan fingerprint density at radius 2 is 1.75 bits per heavy atom. The highest BCUT2D eigenvalue weighted by Crippen LogP contribution is 2.34. The minimum atomic E-state index is 0.00557. The summed E-state index contributed by atoms with van der Waals surface area (Å²) in [6, 6.07) is 8.31. The number of benzene rings is 1. The second-order valence-electron chi connectivity index (χ2n) is 8.10. The number of hydrogen-bond acceptors (Lipinski definition) is 3. The molecule has 1 aliphatic rings. The molecule has 1 aromatic rings. The number of amidine groups is 2. The molecule has 0 atom stereocenters. The van der Waals surface area contributed by atoms with Crippen molar-refractivity contribution in [2.24, 2.45) is 25.8 Å². The van der Waals surface area contributed by atoms with Gasteiger partial charge in [0, 0.05) is 32.0 Å².